The average Bonchev–Trinajstić information content (AvgIpc) is 2.92. The highest BCUT2D eigenvalue weighted by Crippen LogP contribution is 2.20. The van der Waals surface area contributed by atoms with Crippen LogP contribution in [0.15, 0.2) is 0 Å². The summed E-state index contributed by atoms with van der Waals surface area (Å²) in [7, 11) is 0. The van der Waals surface area contributed by atoms with Gasteiger partial charge in [-0.1, -0.05) is 12.8 Å². The first-order valence-corrected chi connectivity index (χ1v) is 7.88. The quantitative estimate of drug-likeness (QED) is 0.640. The molecule has 0 spiro atoms. The van der Waals surface area contributed by atoms with Crippen molar-refractivity contribution in [1.29, 1.82) is 0 Å². The highest BCUT2D eigenvalue weighted by atomic mass is 16.5. The lowest BCUT2D eigenvalue weighted by atomic mass is 10.2. The molecule has 0 bridgehead atoms. The van der Waals surface area contributed by atoms with Crippen molar-refractivity contribution in [2.75, 3.05) is 19.7 Å². The lowest BCUT2D eigenvalue weighted by Gasteiger charge is -2.27. The molecule has 122 valence electrons. The molecule has 2 N–H and O–H groups in total. The van der Waals surface area contributed by atoms with Crippen LogP contribution >= 0.6 is 0 Å². The molecular formula is C15H28N2O4. The minimum absolute atomic E-state index is 0.0505. The largest absolute Gasteiger partial charge is 0.481 e. The molecule has 0 unspecified atom stereocenters. The van der Waals surface area contributed by atoms with E-state index in [1.165, 1.54) is 12.8 Å². The Morgan fingerprint density at radius 1 is 1.33 bits per heavy atom. The molecule has 1 aliphatic carbocycles. The molecule has 0 saturated heterocycles. The maximum Gasteiger partial charge on any atom is 0.317 e. The van der Waals surface area contributed by atoms with E-state index in [0.29, 0.717) is 32.2 Å². The molecule has 6 heteroatoms. The smallest absolute Gasteiger partial charge is 0.317 e. The Labute approximate surface area is 126 Å². The van der Waals surface area contributed by atoms with Gasteiger partial charge in [0.15, 0.2) is 0 Å². The van der Waals surface area contributed by atoms with Crippen molar-refractivity contribution in [2.45, 2.75) is 64.5 Å². The third kappa shape index (κ3) is 7.32. The van der Waals surface area contributed by atoms with E-state index in [2.05, 4.69) is 5.32 Å². The Morgan fingerprint density at radius 3 is 2.57 bits per heavy atom. The summed E-state index contributed by atoms with van der Waals surface area (Å²) in [6.07, 6.45) is 5.64. The van der Waals surface area contributed by atoms with Crippen LogP contribution in [0.25, 0.3) is 0 Å². The van der Waals surface area contributed by atoms with Gasteiger partial charge >= 0.3 is 12.0 Å². The van der Waals surface area contributed by atoms with Crippen molar-refractivity contribution in [3.63, 3.8) is 0 Å². The number of amides is 2. The van der Waals surface area contributed by atoms with Crippen LogP contribution in [-0.4, -0.2) is 53.8 Å². The van der Waals surface area contributed by atoms with Gasteiger partial charge < -0.3 is 20.1 Å². The molecule has 0 aromatic rings. The molecule has 1 aliphatic rings. The Morgan fingerprint density at radius 2 is 2.00 bits per heavy atom. The Kier molecular flexibility index (Phi) is 8.12. The maximum atomic E-state index is 12.1. The second kappa shape index (κ2) is 9.60. The number of urea groups is 1. The molecule has 0 aliphatic heterocycles. The number of nitrogens with one attached hydrogen (secondary N) is 1. The van der Waals surface area contributed by atoms with Gasteiger partial charge in [0.05, 0.1) is 12.7 Å². The molecule has 21 heavy (non-hydrogen) atoms. The van der Waals surface area contributed by atoms with E-state index in [1.54, 1.807) is 4.90 Å². The zero-order chi connectivity index (χ0) is 15.7. The lowest BCUT2D eigenvalue weighted by molar-refractivity contribution is -0.137. The van der Waals surface area contributed by atoms with E-state index >= 15 is 0 Å². The number of hydrogen-bond donors (Lipinski definition) is 2. The molecule has 1 saturated carbocycles. The molecule has 6 nitrogen and oxygen atoms in total. The summed E-state index contributed by atoms with van der Waals surface area (Å²) in [4.78, 5) is 24.3. The van der Waals surface area contributed by atoms with Crippen LogP contribution in [0.3, 0.4) is 0 Å². The van der Waals surface area contributed by atoms with Crippen LogP contribution in [0.4, 0.5) is 4.79 Å². The van der Waals surface area contributed by atoms with Crippen molar-refractivity contribution in [3.8, 4) is 0 Å². The van der Waals surface area contributed by atoms with E-state index in [9.17, 15) is 9.59 Å². The number of carbonyl (C=O) groups is 2. The number of aliphatic carboxylic acids is 1. The van der Waals surface area contributed by atoms with Crippen molar-refractivity contribution in [3.05, 3.63) is 0 Å². The second-order valence-corrected chi connectivity index (χ2v) is 5.79. The van der Waals surface area contributed by atoms with Gasteiger partial charge in [-0.25, -0.2) is 4.79 Å². The van der Waals surface area contributed by atoms with Crippen LogP contribution < -0.4 is 5.32 Å². The molecule has 0 radical (unpaired) electrons. The van der Waals surface area contributed by atoms with E-state index in [1.807, 2.05) is 13.8 Å². The summed E-state index contributed by atoms with van der Waals surface area (Å²) in [5, 5.41) is 11.5. The molecule has 0 heterocycles. The molecule has 0 aromatic heterocycles. The Bertz CT molecular complexity index is 328. The summed E-state index contributed by atoms with van der Waals surface area (Å²) >= 11 is 0. The minimum Gasteiger partial charge on any atom is -0.481 e. The van der Waals surface area contributed by atoms with Crippen LogP contribution in [-0.2, 0) is 9.53 Å². The molecule has 0 atom stereocenters. The number of carbonyl (C=O) groups excluding carboxylic acids is 1. The number of nitrogens with zero attached hydrogens (tertiary/aromatic N) is 1. The summed E-state index contributed by atoms with van der Waals surface area (Å²) in [6.45, 7) is 5.35. The Hall–Kier alpha value is -1.30. The first kappa shape index (κ1) is 17.8. The van der Waals surface area contributed by atoms with Crippen LogP contribution in [0.2, 0.25) is 0 Å². The fourth-order valence-corrected chi connectivity index (χ4v) is 2.54. The standard InChI is InChI=1S/C15H28N2O4/c1-12(2)17(10-5-8-14(18)19)15(20)16-9-11-21-13-6-3-4-7-13/h12-13H,3-11H2,1-2H3,(H,16,20)(H,18,19). The monoisotopic (exact) mass is 300 g/mol. The van der Waals surface area contributed by atoms with Crippen molar-refractivity contribution >= 4 is 12.0 Å². The van der Waals surface area contributed by atoms with Crippen molar-refractivity contribution < 1.29 is 19.4 Å². The average molecular weight is 300 g/mol. The topological polar surface area (TPSA) is 78.9 Å². The molecule has 2 amide bonds. The third-order valence-electron chi connectivity index (χ3n) is 3.71. The number of hydrogen-bond acceptors (Lipinski definition) is 3. The Balaban J connectivity index is 2.19. The van der Waals surface area contributed by atoms with Gasteiger partial charge in [0.2, 0.25) is 0 Å². The van der Waals surface area contributed by atoms with Gasteiger partial charge in [-0.3, -0.25) is 4.79 Å². The zero-order valence-electron chi connectivity index (χ0n) is 13.1. The van der Waals surface area contributed by atoms with E-state index in [0.717, 1.165) is 12.8 Å². The predicted octanol–water partition coefficient (Wildman–Crippen LogP) is 2.23. The highest BCUT2D eigenvalue weighted by Gasteiger charge is 2.18. The van der Waals surface area contributed by atoms with E-state index in [-0.39, 0.29) is 18.5 Å². The summed E-state index contributed by atoms with van der Waals surface area (Å²) in [6, 6.07) is -0.0973. The molecule has 0 aromatic carbocycles. The fraction of sp³-hybridized carbons (Fsp3) is 0.867. The van der Waals surface area contributed by atoms with Gasteiger partial charge in [-0.05, 0) is 33.1 Å². The first-order chi connectivity index (χ1) is 10.0. The van der Waals surface area contributed by atoms with Crippen molar-refractivity contribution in [1.82, 2.24) is 10.2 Å². The zero-order valence-corrected chi connectivity index (χ0v) is 13.1. The number of ether oxygens (including phenoxy) is 1. The minimum atomic E-state index is -0.830. The lowest BCUT2D eigenvalue weighted by Crippen LogP contribution is -2.45. The van der Waals surface area contributed by atoms with Crippen molar-refractivity contribution in [2.24, 2.45) is 0 Å². The van der Waals surface area contributed by atoms with Crippen LogP contribution in [0.1, 0.15) is 52.4 Å². The number of carboxylic acid groups (broad SMARTS) is 1. The van der Waals surface area contributed by atoms with Gasteiger partial charge in [0.25, 0.3) is 0 Å². The SMILES string of the molecule is CC(C)N(CCCC(=O)O)C(=O)NCCOC1CCCC1. The molecular weight excluding hydrogens is 272 g/mol. The van der Waals surface area contributed by atoms with Gasteiger partial charge in [0.1, 0.15) is 0 Å². The van der Waals surface area contributed by atoms with Gasteiger partial charge in [0, 0.05) is 25.6 Å². The summed E-state index contributed by atoms with van der Waals surface area (Å²) in [5.41, 5.74) is 0. The fourth-order valence-electron chi connectivity index (χ4n) is 2.54. The summed E-state index contributed by atoms with van der Waals surface area (Å²) in [5.74, 6) is -0.830. The molecule has 1 rings (SSSR count). The normalized spacial score (nSPS) is 15.4. The third-order valence-corrected chi connectivity index (χ3v) is 3.71. The second-order valence-electron chi connectivity index (χ2n) is 5.79. The van der Waals surface area contributed by atoms with E-state index in [4.69, 9.17) is 9.84 Å². The molecule has 1 fully saturated rings. The maximum absolute atomic E-state index is 12.1. The predicted molar refractivity (Wildman–Crippen MR) is 80.3 cm³/mol. The summed E-state index contributed by atoms with van der Waals surface area (Å²) < 4.78 is 5.70. The van der Waals surface area contributed by atoms with Gasteiger partial charge in [-0.2, -0.15) is 0 Å². The van der Waals surface area contributed by atoms with Gasteiger partial charge in [-0.15, -0.1) is 0 Å². The first-order valence-electron chi connectivity index (χ1n) is 7.88. The number of carboxylic acids is 1. The number of rotatable bonds is 9. The van der Waals surface area contributed by atoms with Crippen LogP contribution in [0, 0.1) is 0 Å². The van der Waals surface area contributed by atoms with E-state index < -0.39 is 5.97 Å². The van der Waals surface area contributed by atoms with Crippen LogP contribution in [0.5, 0.6) is 0 Å². The highest BCUT2D eigenvalue weighted by molar-refractivity contribution is 5.74.